The summed E-state index contributed by atoms with van der Waals surface area (Å²) >= 11 is 0. The third kappa shape index (κ3) is 11.1. The van der Waals surface area contributed by atoms with E-state index in [0.29, 0.717) is 0 Å². The van der Waals surface area contributed by atoms with E-state index in [1.807, 2.05) is 13.8 Å². The van der Waals surface area contributed by atoms with Crippen molar-refractivity contribution in [1.29, 1.82) is 0 Å². The molecular formula is C12H24N2O4. The summed E-state index contributed by atoms with van der Waals surface area (Å²) in [6.07, 6.45) is -0.570. The van der Waals surface area contributed by atoms with Gasteiger partial charge >= 0.3 is 6.09 Å². The van der Waals surface area contributed by atoms with Crippen LogP contribution < -0.4 is 11.1 Å². The van der Waals surface area contributed by atoms with E-state index in [0.717, 1.165) is 0 Å². The molecule has 0 aliphatic heterocycles. The maximum Gasteiger partial charge on any atom is 0.407 e. The van der Waals surface area contributed by atoms with Crippen molar-refractivity contribution in [3.63, 3.8) is 0 Å². The first-order valence-corrected chi connectivity index (χ1v) is 5.83. The third-order valence-corrected chi connectivity index (χ3v) is 2.08. The van der Waals surface area contributed by atoms with Crippen LogP contribution in [0.2, 0.25) is 0 Å². The van der Waals surface area contributed by atoms with Gasteiger partial charge in [0.25, 0.3) is 0 Å². The van der Waals surface area contributed by atoms with Crippen LogP contribution >= 0.6 is 0 Å². The summed E-state index contributed by atoms with van der Waals surface area (Å²) in [5, 5.41) is 2.30. The van der Waals surface area contributed by atoms with Gasteiger partial charge in [-0.1, -0.05) is 27.7 Å². The molecule has 0 unspecified atom stereocenters. The lowest BCUT2D eigenvalue weighted by molar-refractivity contribution is -0.121. The normalized spacial score (nSPS) is 9.56. The zero-order valence-corrected chi connectivity index (χ0v) is 11.8. The van der Waals surface area contributed by atoms with Crippen LogP contribution in [0.1, 0.15) is 27.7 Å². The maximum absolute atomic E-state index is 10.9. The van der Waals surface area contributed by atoms with Gasteiger partial charge in [-0.3, -0.25) is 9.59 Å². The third-order valence-electron chi connectivity index (χ3n) is 2.08. The Kier molecular flexibility index (Phi) is 11.3. The van der Waals surface area contributed by atoms with Crippen molar-refractivity contribution in [2.24, 2.45) is 17.6 Å². The molecule has 6 heteroatoms. The molecule has 1 amide bonds. The first-order valence-electron chi connectivity index (χ1n) is 5.83. The number of amides is 1. The summed E-state index contributed by atoms with van der Waals surface area (Å²) < 4.78 is 4.28. The summed E-state index contributed by atoms with van der Waals surface area (Å²) in [5.74, 6) is 0.174. The summed E-state index contributed by atoms with van der Waals surface area (Å²) in [6, 6.07) is 0. The molecule has 0 fully saturated rings. The highest BCUT2D eigenvalue weighted by Gasteiger charge is 2.08. The number of hydrogen-bond donors (Lipinski definition) is 2. The molecule has 0 aliphatic rings. The Hall–Kier alpha value is -1.43. The number of carbonyl (C=O) groups is 3. The second-order valence-electron chi connectivity index (χ2n) is 4.29. The Morgan fingerprint density at radius 1 is 1.06 bits per heavy atom. The summed E-state index contributed by atoms with van der Waals surface area (Å²) in [5.41, 5.74) is 5.02. The quantitative estimate of drug-likeness (QED) is 0.759. The van der Waals surface area contributed by atoms with Crippen molar-refractivity contribution in [2.45, 2.75) is 27.7 Å². The standard InChI is InChI=1S/C7H13NO3.C5H11NO/c1-5(2)6(9)4-8-7(10)11-3;1-4(2)5(7)3-6/h5H,4H2,1-3H3,(H,8,10);4H,3,6H2,1-2H3. The molecule has 0 saturated heterocycles. The van der Waals surface area contributed by atoms with E-state index in [9.17, 15) is 14.4 Å². The highest BCUT2D eigenvalue weighted by molar-refractivity contribution is 5.85. The van der Waals surface area contributed by atoms with Gasteiger partial charge in [0.05, 0.1) is 20.2 Å². The van der Waals surface area contributed by atoms with E-state index in [1.54, 1.807) is 13.8 Å². The molecule has 106 valence electrons. The van der Waals surface area contributed by atoms with Crippen molar-refractivity contribution >= 4 is 17.7 Å². The Morgan fingerprint density at radius 2 is 1.50 bits per heavy atom. The zero-order chi connectivity index (χ0) is 14.7. The van der Waals surface area contributed by atoms with Crippen molar-refractivity contribution in [3.8, 4) is 0 Å². The fraction of sp³-hybridized carbons (Fsp3) is 0.750. The Balaban J connectivity index is 0. The topological polar surface area (TPSA) is 98.5 Å². The lowest BCUT2D eigenvalue weighted by Crippen LogP contribution is -2.31. The number of hydrogen-bond acceptors (Lipinski definition) is 5. The van der Waals surface area contributed by atoms with Gasteiger partial charge in [-0.25, -0.2) is 4.79 Å². The van der Waals surface area contributed by atoms with Crippen LogP contribution in [0.4, 0.5) is 4.79 Å². The molecule has 0 spiro atoms. The van der Waals surface area contributed by atoms with Gasteiger partial charge in [-0.2, -0.15) is 0 Å². The number of nitrogens with one attached hydrogen (secondary N) is 1. The summed E-state index contributed by atoms with van der Waals surface area (Å²) in [7, 11) is 1.26. The minimum atomic E-state index is -0.570. The van der Waals surface area contributed by atoms with Crippen LogP contribution in [0.15, 0.2) is 0 Å². The summed E-state index contributed by atoms with van der Waals surface area (Å²) in [6.45, 7) is 7.47. The minimum absolute atomic E-state index is 0.00426. The monoisotopic (exact) mass is 260 g/mol. The number of carbonyl (C=O) groups excluding carboxylic acids is 3. The molecule has 3 N–H and O–H groups in total. The molecule has 0 aromatic rings. The smallest absolute Gasteiger partial charge is 0.407 e. The van der Waals surface area contributed by atoms with E-state index in [1.165, 1.54) is 7.11 Å². The first-order chi connectivity index (χ1) is 8.26. The molecule has 0 rings (SSSR count). The SMILES string of the molecule is CC(C)C(=O)CN.COC(=O)NCC(=O)C(C)C. The lowest BCUT2D eigenvalue weighted by Gasteiger charge is -2.04. The second-order valence-corrected chi connectivity index (χ2v) is 4.29. The van der Waals surface area contributed by atoms with Crippen LogP contribution in [0, 0.1) is 11.8 Å². The van der Waals surface area contributed by atoms with Crippen LogP contribution in [0.3, 0.4) is 0 Å². The lowest BCUT2D eigenvalue weighted by atomic mass is 10.1. The van der Waals surface area contributed by atoms with Gasteiger partial charge in [-0.15, -0.1) is 0 Å². The predicted molar refractivity (Wildman–Crippen MR) is 69.2 cm³/mol. The Bertz CT molecular complexity index is 275. The zero-order valence-electron chi connectivity index (χ0n) is 11.8. The van der Waals surface area contributed by atoms with Crippen molar-refractivity contribution in [1.82, 2.24) is 5.32 Å². The van der Waals surface area contributed by atoms with Gasteiger partial charge in [0, 0.05) is 11.8 Å². The number of ether oxygens (including phenoxy) is 1. The fourth-order valence-electron chi connectivity index (χ4n) is 0.671. The van der Waals surface area contributed by atoms with E-state index in [4.69, 9.17) is 5.73 Å². The fourth-order valence-corrected chi connectivity index (χ4v) is 0.671. The van der Waals surface area contributed by atoms with Gasteiger partial charge < -0.3 is 15.8 Å². The van der Waals surface area contributed by atoms with Crippen LogP contribution in [0.25, 0.3) is 0 Å². The van der Waals surface area contributed by atoms with E-state index in [-0.39, 0.29) is 36.5 Å². The van der Waals surface area contributed by atoms with Crippen LogP contribution in [0.5, 0.6) is 0 Å². The molecule has 0 bridgehead atoms. The molecule has 6 nitrogen and oxygen atoms in total. The minimum Gasteiger partial charge on any atom is -0.453 e. The van der Waals surface area contributed by atoms with E-state index in [2.05, 4.69) is 10.1 Å². The van der Waals surface area contributed by atoms with Crippen molar-refractivity contribution < 1.29 is 19.1 Å². The van der Waals surface area contributed by atoms with Crippen LogP contribution in [-0.2, 0) is 14.3 Å². The Morgan fingerprint density at radius 3 is 1.72 bits per heavy atom. The number of ketones is 2. The molecule has 0 heterocycles. The van der Waals surface area contributed by atoms with Gasteiger partial charge in [0.1, 0.15) is 5.78 Å². The largest absolute Gasteiger partial charge is 0.453 e. The average molecular weight is 260 g/mol. The van der Waals surface area contributed by atoms with Crippen molar-refractivity contribution in [2.75, 3.05) is 20.2 Å². The number of Topliss-reactive ketones (excluding diaryl/α,β-unsaturated/α-hetero) is 2. The summed E-state index contributed by atoms with van der Waals surface area (Å²) in [4.78, 5) is 31.7. The van der Waals surface area contributed by atoms with Gasteiger partial charge in [0.2, 0.25) is 0 Å². The van der Waals surface area contributed by atoms with Crippen LogP contribution in [-0.4, -0.2) is 37.9 Å². The molecule has 0 aliphatic carbocycles. The molecular weight excluding hydrogens is 236 g/mol. The molecule has 0 radical (unpaired) electrons. The predicted octanol–water partition coefficient (Wildman–Crippen LogP) is 0.738. The molecule has 0 saturated carbocycles. The highest BCUT2D eigenvalue weighted by Crippen LogP contribution is 1.91. The highest BCUT2D eigenvalue weighted by atomic mass is 16.5. The van der Waals surface area contributed by atoms with E-state index < -0.39 is 6.09 Å². The van der Waals surface area contributed by atoms with Crippen molar-refractivity contribution in [3.05, 3.63) is 0 Å². The molecule has 18 heavy (non-hydrogen) atoms. The maximum atomic E-state index is 10.9. The molecule has 0 atom stereocenters. The van der Waals surface area contributed by atoms with E-state index >= 15 is 0 Å². The number of methoxy groups -OCH3 is 1. The second kappa shape index (κ2) is 10.7. The molecule has 0 aromatic heterocycles. The number of nitrogens with two attached hydrogens (primary N) is 1. The first kappa shape index (κ1) is 18.9. The Labute approximate surface area is 108 Å². The van der Waals surface area contributed by atoms with Gasteiger partial charge in [-0.05, 0) is 0 Å². The molecule has 0 aromatic carbocycles. The number of alkyl carbamates (subject to hydrolysis) is 1. The van der Waals surface area contributed by atoms with Gasteiger partial charge in [0.15, 0.2) is 5.78 Å². The number of rotatable bonds is 5. The average Bonchev–Trinajstić information content (AvgIpc) is 2.34.